The van der Waals surface area contributed by atoms with E-state index in [0.29, 0.717) is 18.2 Å². The van der Waals surface area contributed by atoms with Gasteiger partial charge in [-0.25, -0.2) is 0 Å². The highest BCUT2D eigenvalue weighted by Gasteiger charge is 2.26. The Balaban J connectivity index is 2.11. The molecule has 1 saturated heterocycles. The Morgan fingerprint density at radius 1 is 1.45 bits per heavy atom. The number of hydrogen-bond acceptors (Lipinski definition) is 4. The van der Waals surface area contributed by atoms with E-state index in [0.717, 1.165) is 18.4 Å². The van der Waals surface area contributed by atoms with Crippen LogP contribution in [0.4, 0.5) is 11.4 Å². The molecule has 0 radical (unpaired) electrons. The monoisotopic (exact) mass is 278 g/mol. The summed E-state index contributed by atoms with van der Waals surface area (Å²) in [6.45, 7) is 6.85. The van der Waals surface area contributed by atoms with E-state index < -0.39 is 0 Å². The maximum atomic E-state index is 11.1. The minimum atomic E-state index is -0.325. The largest absolute Gasteiger partial charge is 0.378 e. The fourth-order valence-electron chi connectivity index (χ4n) is 2.56. The van der Waals surface area contributed by atoms with Crippen LogP contribution in [-0.4, -0.2) is 23.7 Å². The van der Waals surface area contributed by atoms with E-state index in [-0.39, 0.29) is 22.8 Å². The van der Waals surface area contributed by atoms with E-state index in [1.807, 2.05) is 13.0 Å². The van der Waals surface area contributed by atoms with Gasteiger partial charge in [-0.3, -0.25) is 10.1 Å². The summed E-state index contributed by atoms with van der Waals surface area (Å²) in [6, 6.07) is 5.54. The number of nitro benzene ring substituents is 1. The summed E-state index contributed by atoms with van der Waals surface area (Å²) in [5.74, 6) is 0.465. The van der Waals surface area contributed by atoms with Crippen LogP contribution in [0.25, 0.3) is 0 Å². The maximum absolute atomic E-state index is 11.1. The van der Waals surface area contributed by atoms with E-state index >= 15 is 0 Å². The van der Waals surface area contributed by atoms with E-state index in [2.05, 4.69) is 19.2 Å². The molecule has 0 saturated carbocycles. The molecule has 1 heterocycles. The van der Waals surface area contributed by atoms with Crippen molar-refractivity contribution in [2.45, 2.75) is 45.8 Å². The van der Waals surface area contributed by atoms with Gasteiger partial charge in [-0.2, -0.15) is 0 Å². The topological polar surface area (TPSA) is 64.4 Å². The van der Waals surface area contributed by atoms with Crippen LogP contribution in [0.5, 0.6) is 0 Å². The van der Waals surface area contributed by atoms with Gasteiger partial charge in [-0.15, -0.1) is 0 Å². The SMILES string of the molecule is Cc1ccc(NC2CCOC(C(C)C)C2)c([N+](=O)[O-])c1. The second kappa shape index (κ2) is 6.22. The highest BCUT2D eigenvalue weighted by atomic mass is 16.6. The second-order valence-corrected chi connectivity index (χ2v) is 5.80. The van der Waals surface area contributed by atoms with Crippen molar-refractivity contribution in [3.05, 3.63) is 33.9 Å². The van der Waals surface area contributed by atoms with Gasteiger partial charge in [0.05, 0.1) is 11.0 Å². The maximum Gasteiger partial charge on any atom is 0.292 e. The summed E-state index contributed by atoms with van der Waals surface area (Å²) in [5.41, 5.74) is 1.65. The normalized spacial score (nSPS) is 22.8. The van der Waals surface area contributed by atoms with Gasteiger partial charge in [0.25, 0.3) is 5.69 Å². The second-order valence-electron chi connectivity index (χ2n) is 5.80. The molecule has 5 heteroatoms. The minimum Gasteiger partial charge on any atom is -0.378 e. The van der Waals surface area contributed by atoms with Crippen molar-refractivity contribution in [1.29, 1.82) is 0 Å². The summed E-state index contributed by atoms with van der Waals surface area (Å²) >= 11 is 0. The number of rotatable bonds is 4. The van der Waals surface area contributed by atoms with Gasteiger partial charge in [0.15, 0.2) is 0 Å². The molecule has 1 aromatic carbocycles. The lowest BCUT2D eigenvalue weighted by molar-refractivity contribution is -0.384. The predicted molar refractivity (Wildman–Crippen MR) is 79.1 cm³/mol. The van der Waals surface area contributed by atoms with Gasteiger partial charge in [-0.05, 0) is 37.3 Å². The van der Waals surface area contributed by atoms with Crippen molar-refractivity contribution in [3.63, 3.8) is 0 Å². The van der Waals surface area contributed by atoms with Crippen molar-refractivity contribution < 1.29 is 9.66 Å². The third-order valence-electron chi connectivity index (χ3n) is 3.77. The Kier molecular flexibility index (Phi) is 4.60. The molecule has 2 rings (SSSR count). The minimum absolute atomic E-state index is 0.151. The summed E-state index contributed by atoms with van der Waals surface area (Å²) in [6.07, 6.45) is 2.00. The molecular weight excluding hydrogens is 256 g/mol. The van der Waals surface area contributed by atoms with Gasteiger partial charge < -0.3 is 10.1 Å². The third kappa shape index (κ3) is 3.48. The first-order chi connectivity index (χ1) is 9.47. The van der Waals surface area contributed by atoms with Crippen molar-refractivity contribution >= 4 is 11.4 Å². The number of nitrogens with zero attached hydrogens (tertiary/aromatic N) is 1. The Morgan fingerprint density at radius 3 is 2.85 bits per heavy atom. The predicted octanol–water partition coefficient (Wildman–Crippen LogP) is 3.52. The van der Waals surface area contributed by atoms with Crippen molar-refractivity contribution in [2.75, 3.05) is 11.9 Å². The van der Waals surface area contributed by atoms with Gasteiger partial charge >= 0.3 is 0 Å². The van der Waals surface area contributed by atoms with Crippen LogP contribution in [0.3, 0.4) is 0 Å². The molecule has 110 valence electrons. The van der Waals surface area contributed by atoms with E-state index in [1.54, 1.807) is 12.1 Å². The van der Waals surface area contributed by atoms with Crippen LogP contribution in [0.2, 0.25) is 0 Å². The Labute approximate surface area is 119 Å². The van der Waals surface area contributed by atoms with E-state index in [9.17, 15) is 10.1 Å². The molecule has 0 spiro atoms. The molecule has 2 atom stereocenters. The van der Waals surface area contributed by atoms with Crippen LogP contribution in [0, 0.1) is 23.0 Å². The zero-order chi connectivity index (χ0) is 14.7. The molecule has 1 fully saturated rings. The first kappa shape index (κ1) is 14.8. The Morgan fingerprint density at radius 2 is 2.20 bits per heavy atom. The highest BCUT2D eigenvalue weighted by Crippen LogP contribution is 2.29. The first-order valence-electron chi connectivity index (χ1n) is 7.10. The van der Waals surface area contributed by atoms with Crippen LogP contribution in [0.15, 0.2) is 18.2 Å². The standard InChI is InChI=1S/C15H22N2O3/c1-10(2)15-9-12(6-7-20-15)16-13-5-4-11(3)8-14(13)17(18)19/h4-5,8,10,12,15-16H,6-7,9H2,1-3H3. The van der Waals surface area contributed by atoms with Crippen molar-refractivity contribution in [3.8, 4) is 0 Å². The average Bonchev–Trinajstić information content (AvgIpc) is 2.41. The lowest BCUT2D eigenvalue weighted by Crippen LogP contribution is -2.36. The number of hydrogen-bond donors (Lipinski definition) is 1. The molecule has 1 aromatic rings. The average molecular weight is 278 g/mol. The lowest BCUT2D eigenvalue weighted by Gasteiger charge is -2.32. The number of nitro groups is 1. The zero-order valence-corrected chi connectivity index (χ0v) is 12.3. The molecule has 1 aliphatic heterocycles. The van der Waals surface area contributed by atoms with Gasteiger partial charge in [0, 0.05) is 18.7 Å². The molecule has 1 aliphatic rings. The quantitative estimate of drug-likeness (QED) is 0.676. The molecule has 0 aromatic heterocycles. The molecule has 1 N–H and O–H groups in total. The Bertz CT molecular complexity index is 488. The first-order valence-corrected chi connectivity index (χ1v) is 7.10. The Hall–Kier alpha value is -1.62. The molecule has 20 heavy (non-hydrogen) atoms. The summed E-state index contributed by atoms with van der Waals surface area (Å²) in [5, 5.41) is 14.5. The molecular formula is C15H22N2O3. The number of anilines is 1. The van der Waals surface area contributed by atoms with Gasteiger partial charge in [-0.1, -0.05) is 19.9 Å². The summed E-state index contributed by atoms with van der Waals surface area (Å²) < 4.78 is 5.73. The summed E-state index contributed by atoms with van der Waals surface area (Å²) in [7, 11) is 0. The van der Waals surface area contributed by atoms with Gasteiger partial charge in [0.1, 0.15) is 5.69 Å². The number of benzene rings is 1. The van der Waals surface area contributed by atoms with E-state index in [4.69, 9.17) is 4.74 Å². The van der Waals surface area contributed by atoms with E-state index in [1.165, 1.54) is 0 Å². The fraction of sp³-hybridized carbons (Fsp3) is 0.600. The lowest BCUT2D eigenvalue weighted by atomic mass is 9.95. The van der Waals surface area contributed by atoms with Crippen molar-refractivity contribution in [2.24, 2.45) is 5.92 Å². The molecule has 5 nitrogen and oxygen atoms in total. The van der Waals surface area contributed by atoms with Gasteiger partial charge in [0.2, 0.25) is 0 Å². The van der Waals surface area contributed by atoms with Crippen LogP contribution in [0.1, 0.15) is 32.3 Å². The fourth-order valence-corrected chi connectivity index (χ4v) is 2.56. The van der Waals surface area contributed by atoms with Crippen molar-refractivity contribution in [1.82, 2.24) is 0 Å². The number of ether oxygens (including phenoxy) is 1. The smallest absolute Gasteiger partial charge is 0.292 e. The van der Waals surface area contributed by atoms with Crippen LogP contribution >= 0.6 is 0 Å². The molecule has 0 amide bonds. The summed E-state index contributed by atoms with van der Waals surface area (Å²) in [4.78, 5) is 10.8. The third-order valence-corrected chi connectivity index (χ3v) is 3.77. The number of aryl methyl sites for hydroxylation is 1. The molecule has 0 bridgehead atoms. The molecule has 2 unspecified atom stereocenters. The number of nitrogens with one attached hydrogen (secondary N) is 1. The van der Waals surface area contributed by atoms with Crippen LogP contribution in [-0.2, 0) is 4.74 Å². The van der Waals surface area contributed by atoms with Crippen LogP contribution < -0.4 is 5.32 Å². The highest BCUT2D eigenvalue weighted by molar-refractivity contribution is 5.63. The zero-order valence-electron chi connectivity index (χ0n) is 12.3. The molecule has 0 aliphatic carbocycles.